The summed E-state index contributed by atoms with van der Waals surface area (Å²) in [5, 5.41) is 2.95. The maximum Gasteiger partial charge on any atom is 0.255 e. The van der Waals surface area contributed by atoms with E-state index in [0.717, 1.165) is 5.92 Å². The van der Waals surface area contributed by atoms with Gasteiger partial charge in [-0.2, -0.15) is 0 Å². The first-order chi connectivity index (χ1) is 8.61. The van der Waals surface area contributed by atoms with Crippen LogP contribution >= 0.6 is 0 Å². The van der Waals surface area contributed by atoms with Crippen LogP contribution < -0.4 is 15.8 Å². The van der Waals surface area contributed by atoms with Crippen LogP contribution in [-0.2, 0) is 0 Å². The first kappa shape index (κ1) is 12.7. The topological polar surface area (TPSA) is 64.3 Å². The Kier molecular flexibility index (Phi) is 3.75. The molecule has 0 aliphatic heterocycles. The molecule has 0 spiro atoms. The molecule has 18 heavy (non-hydrogen) atoms. The number of methoxy groups -OCH3 is 1. The van der Waals surface area contributed by atoms with Crippen molar-refractivity contribution in [2.24, 2.45) is 11.8 Å². The van der Waals surface area contributed by atoms with Crippen molar-refractivity contribution in [1.29, 1.82) is 0 Å². The van der Waals surface area contributed by atoms with Gasteiger partial charge in [-0.15, -0.1) is 0 Å². The van der Waals surface area contributed by atoms with E-state index < -0.39 is 0 Å². The number of nitrogen functional groups attached to an aromatic ring is 1. The van der Waals surface area contributed by atoms with Crippen LogP contribution in [0.4, 0.5) is 5.69 Å². The molecule has 1 atom stereocenters. The number of carbonyl (C=O) groups excluding carboxylic acids is 1. The fourth-order valence-electron chi connectivity index (χ4n) is 2.08. The van der Waals surface area contributed by atoms with Crippen molar-refractivity contribution in [2.75, 3.05) is 19.4 Å². The molecule has 0 radical (unpaired) electrons. The predicted molar refractivity (Wildman–Crippen MR) is 71.6 cm³/mol. The van der Waals surface area contributed by atoms with E-state index in [-0.39, 0.29) is 5.91 Å². The van der Waals surface area contributed by atoms with Crippen molar-refractivity contribution in [1.82, 2.24) is 5.32 Å². The molecule has 4 heteroatoms. The van der Waals surface area contributed by atoms with E-state index in [0.29, 0.717) is 29.5 Å². The minimum absolute atomic E-state index is 0.119. The highest BCUT2D eigenvalue weighted by Crippen LogP contribution is 2.36. The lowest BCUT2D eigenvalue weighted by Crippen LogP contribution is -2.29. The summed E-state index contributed by atoms with van der Waals surface area (Å²) >= 11 is 0. The van der Waals surface area contributed by atoms with Gasteiger partial charge in [0.25, 0.3) is 5.91 Å². The molecule has 3 N–H and O–H groups in total. The highest BCUT2D eigenvalue weighted by atomic mass is 16.5. The van der Waals surface area contributed by atoms with Crippen LogP contribution in [0.2, 0.25) is 0 Å². The molecule has 1 aromatic rings. The van der Waals surface area contributed by atoms with Gasteiger partial charge in [0.2, 0.25) is 0 Å². The zero-order chi connectivity index (χ0) is 13.1. The molecule has 1 amide bonds. The number of nitrogens with two attached hydrogens (primary N) is 1. The van der Waals surface area contributed by atoms with Crippen LogP contribution in [0.1, 0.15) is 30.1 Å². The molecular weight excluding hydrogens is 228 g/mol. The van der Waals surface area contributed by atoms with Crippen molar-refractivity contribution >= 4 is 11.6 Å². The van der Waals surface area contributed by atoms with E-state index in [2.05, 4.69) is 12.2 Å². The summed E-state index contributed by atoms with van der Waals surface area (Å²) in [6.07, 6.45) is 2.58. The van der Waals surface area contributed by atoms with E-state index in [9.17, 15) is 4.79 Å². The maximum absolute atomic E-state index is 12.1. The number of ether oxygens (including phenoxy) is 1. The summed E-state index contributed by atoms with van der Waals surface area (Å²) in [7, 11) is 1.55. The normalized spacial score (nSPS) is 16.1. The third-order valence-electron chi connectivity index (χ3n) is 3.48. The van der Waals surface area contributed by atoms with Crippen molar-refractivity contribution < 1.29 is 9.53 Å². The van der Waals surface area contributed by atoms with E-state index in [1.807, 2.05) is 0 Å². The molecule has 4 nitrogen and oxygen atoms in total. The van der Waals surface area contributed by atoms with E-state index in [4.69, 9.17) is 10.5 Å². The zero-order valence-electron chi connectivity index (χ0n) is 10.9. The lowest BCUT2D eigenvalue weighted by atomic mass is 10.1. The van der Waals surface area contributed by atoms with E-state index in [1.165, 1.54) is 12.8 Å². The molecule has 1 aliphatic rings. The summed E-state index contributed by atoms with van der Waals surface area (Å²) < 4.78 is 5.17. The van der Waals surface area contributed by atoms with Crippen LogP contribution in [0, 0.1) is 11.8 Å². The fraction of sp³-hybridized carbons (Fsp3) is 0.500. The second-order valence-corrected chi connectivity index (χ2v) is 4.98. The minimum atomic E-state index is -0.119. The summed E-state index contributed by atoms with van der Waals surface area (Å²) in [6, 6.07) is 5.09. The number of amides is 1. The van der Waals surface area contributed by atoms with Crippen LogP contribution in [0.5, 0.6) is 5.75 Å². The van der Waals surface area contributed by atoms with E-state index >= 15 is 0 Å². The average Bonchev–Trinajstić information content (AvgIpc) is 3.19. The quantitative estimate of drug-likeness (QED) is 0.784. The van der Waals surface area contributed by atoms with Gasteiger partial charge in [0.15, 0.2) is 0 Å². The van der Waals surface area contributed by atoms with Crippen LogP contribution in [0.3, 0.4) is 0 Å². The molecule has 1 fully saturated rings. The summed E-state index contributed by atoms with van der Waals surface area (Å²) in [5.41, 5.74) is 6.76. The molecule has 0 saturated heterocycles. The Hall–Kier alpha value is -1.71. The second kappa shape index (κ2) is 5.29. The molecule has 1 aromatic carbocycles. The highest BCUT2D eigenvalue weighted by molar-refractivity contribution is 5.97. The van der Waals surface area contributed by atoms with Crippen LogP contribution in [-0.4, -0.2) is 19.6 Å². The molecule has 0 bridgehead atoms. The Morgan fingerprint density at radius 1 is 1.56 bits per heavy atom. The van der Waals surface area contributed by atoms with Crippen molar-refractivity contribution in [3.63, 3.8) is 0 Å². The Balaban J connectivity index is 2.00. The Bertz CT molecular complexity index is 441. The van der Waals surface area contributed by atoms with Gasteiger partial charge >= 0.3 is 0 Å². The van der Waals surface area contributed by atoms with Crippen molar-refractivity contribution in [2.45, 2.75) is 19.8 Å². The van der Waals surface area contributed by atoms with Gasteiger partial charge in [0.05, 0.1) is 12.7 Å². The summed E-state index contributed by atoms with van der Waals surface area (Å²) in [5.74, 6) is 1.77. The number of benzene rings is 1. The number of nitrogens with one attached hydrogen (secondary N) is 1. The van der Waals surface area contributed by atoms with Gasteiger partial charge in [-0.3, -0.25) is 4.79 Å². The number of hydrogen-bond donors (Lipinski definition) is 2. The maximum atomic E-state index is 12.1. The third-order valence-corrected chi connectivity index (χ3v) is 3.48. The van der Waals surface area contributed by atoms with Crippen LogP contribution in [0.25, 0.3) is 0 Å². The van der Waals surface area contributed by atoms with Gasteiger partial charge in [0.1, 0.15) is 5.75 Å². The summed E-state index contributed by atoms with van der Waals surface area (Å²) in [4.78, 5) is 12.1. The number of carbonyl (C=O) groups is 1. The van der Waals surface area contributed by atoms with Crippen LogP contribution in [0.15, 0.2) is 18.2 Å². The largest absolute Gasteiger partial charge is 0.496 e. The highest BCUT2D eigenvalue weighted by Gasteiger charge is 2.28. The zero-order valence-corrected chi connectivity index (χ0v) is 10.9. The molecule has 2 rings (SSSR count). The molecule has 1 saturated carbocycles. The van der Waals surface area contributed by atoms with Crippen molar-refractivity contribution in [3.05, 3.63) is 23.8 Å². The SMILES string of the molecule is COc1ccc(N)cc1C(=O)NCC(C)C1CC1. The average molecular weight is 248 g/mol. The molecular formula is C14H20N2O2. The summed E-state index contributed by atoms with van der Waals surface area (Å²) in [6.45, 7) is 2.88. The van der Waals surface area contributed by atoms with Crippen molar-refractivity contribution in [3.8, 4) is 5.75 Å². The number of anilines is 1. The standard InChI is InChI=1S/C14H20N2O2/c1-9(10-3-4-10)8-16-14(17)12-7-11(15)5-6-13(12)18-2/h5-7,9-10H,3-4,8,15H2,1-2H3,(H,16,17). The molecule has 98 valence electrons. The molecule has 0 heterocycles. The lowest BCUT2D eigenvalue weighted by Gasteiger charge is -2.13. The van der Waals surface area contributed by atoms with Gasteiger partial charge in [-0.1, -0.05) is 6.92 Å². The Labute approximate surface area is 108 Å². The molecule has 1 aliphatic carbocycles. The predicted octanol–water partition coefficient (Wildman–Crippen LogP) is 2.05. The van der Waals surface area contributed by atoms with E-state index in [1.54, 1.807) is 25.3 Å². The van der Waals surface area contributed by atoms with Gasteiger partial charge in [-0.05, 0) is 42.9 Å². The first-order valence-corrected chi connectivity index (χ1v) is 6.33. The van der Waals surface area contributed by atoms with Gasteiger partial charge < -0.3 is 15.8 Å². The Morgan fingerprint density at radius 2 is 2.28 bits per heavy atom. The Morgan fingerprint density at radius 3 is 2.89 bits per heavy atom. The fourth-order valence-corrected chi connectivity index (χ4v) is 2.08. The van der Waals surface area contributed by atoms with Gasteiger partial charge in [-0.25, -0.2) is 0 Å². The smallest absolute Gasteiger partial charge is 0.255 e. The number of hydrogen-bond acceptors (Lipinski definition) is 3. The second-order valence-electron chi connectivity index (χ2n) is 4.98. The first-order valence-electron chi connectivity index (χ1n) is 6.33. The minimum Gasteiger partial charge on any atom is -0.496 e. The monoisotopic (exact) mass is 248 g/mol. The third kappa shape index (κ3) is 2.94. The molecule has 0 aromatic heterocycles. The molecule has 1 unspecified atom stereocenters. The number of rotatable bonds is 5. The van der Waals surface area contributed by atoms with Gasteiger partial charge in [0, 0.05) is 12.2 Å². The lowest BCUT2D eigenvalue weighted by molar-refractivity contribution is 0.0943.